The van der Waals surface area contributed by atoms with Gasteiger partial charge in [-0.2, -0.15) is 0 Å². The van der Waals surface area contributed by atoms with Crippen molar-refractivity contribution in [2.24, 2.45) is 0 Å². The first-order valence-electron chi connectivity index (χ1n) is 0.805. The fraction of sp³-hybridized carbons (Fsp3) is 0. The van der Waals surface area contributed by atoms with Crippen molar-refractivity contribution in [1.29, 1.82) is 0 Å². The molecule has 0 atom stereocenters. The lowest BCUT2D eigenvalue weighted by Crippen LogP contribution is -1.86. The van der Waals surface area contributed by atoms with Crippen LogP contribution in [0.15, 0.2) is 0 Å². The molecule has 0 amide bonds. The van der Waals surface area contributed by atoms with E-state index >= 15 is 0 Å². The lowest BCUT2D eigenvalue weighted by molar-refractivity contribution is -0.412. The topological polar surface area (TPSA) is 27.7 Å². The van der Waals surface area contributed by atoms with Crippen LogP contribution in [0.5, 0.6) is 0 Å². The van der Waals surface area contributed by atoms with Crippen molar-refractivity contribution < 1.29 is 12.9 Å². The van der Waals surface area contributed by atoms with Crippen molar-refractivity contribution >= 4 is 33.2 Å². The van der Waals surface area contributed by atoms with Crippen LogP contribution in [0, 0.1) is 0 Å². The second kappa shape index (κ2) is 4.94. The van der Waals surface area contributed by atoms with Crippen molar-refractivity contribution in [3.05, 3.63) is 0 Å². The van der Waals surface area contributed by atoms with Crippen LogP contribution >= 0.6 is 0 Å². The molecule has 3 nitrogen and oxygen atoms in total. The molecule has 0 aromatic heterocycles. The van der Waals surface area contributed by atoms with Crippen LogP contribution in [0.1, 0.15) is 0 Å². The molecule has 5 heavy (non-hydrogen) atoms. The standard InChI is InChI=1S/2Al.H2O3/c;;1-3-2/h;;1-2H/q2*+1;/p-2. The highest BCUT2D eigenvalue weighted by molar-refractivity contribution is 5.98. The fourth-order valence-corrected chi connectivity index (χ4v) is 0.204. The van der Waals surface area contributed by atoms with Crippen LogP contribution in [0.2, 0.25) is 0 Å². The summed E-state index contributed by atoms with van der Waals surface area (Å²) in [5.74, 6) is 0. The van der Waals surface area contributed by atoms with E-state index in [1.165, 1.54) is 0 Å². The Morgan fingerprint density at radius 1 is 1.00 bits per heavy atom. The zero-order chi connectivity index (χ0) is 4.12. The van der Waals surface area contributed by atoms with Gasteiger partial charge in [0, 0.05) is 0 Å². The predicted molar refractivity (Wildman–Crippen MR) is 14.8 cm³/mol. The lowest BCUT2D eigenvalue weighted by Gasteiger charge is -1.92. The SMILES string of the molecule is [Al][O]O[O][Al]. The summed E-state index contributed by atoms with van der Waals surface area (Å²) in [4.78, 5) is 0. The molecule has 0 fully saturated rings. The molecule has 0 aromatic carbocycles. The van der Waals surface area contributed by atoms with E-state index in [2.05, 4.69) is 12.9 Å². The molecule has 0 aromatic rings. The van der Waals surface area contributed by atoms with Gasteiger partial charge in [-0.25, -0.2) is 0 Å². The quantitative estimate of drug-likeness (QED) is 0.255. The number of hydrogen-bond acceptors (Lipinski definition) is 3. The molecule has 0 aliphatic rings. The lowest BCUT2D eigenvalue weighted by atomic mass is 14.5. The van der Waals surface area contributed by atoms with Crippen LogP contribution in [-0.4, -0.2) is 33.2 Å². The highest BCUT2D eigenvalue weighted by atomic mass is 27.1. The van der Waals surface area contributed by atoms with Gasteiger partial charge in [0.25, 0.3) is 0 Å². The molecule has 0 bridgehead atoms. The van der Waals surface area contributed by atoms with Gasteiger partial charge in [0.15, 0.2) is 0 Å². The van der Waals surface area contributed by atoms with Crippen molar-refractivity contribution in [3.8, 4) is 0 Å². The third kappa shape index (κ3) is 4.94. The number of hydrogen-bond donors (Lipinski definition) is 0. The summed E-state index contributed by atoms with van der Waals surface area (Å²) >= 11 is 3.68. The maximum absolute atomic E-state index is 3.86. The summed E-state index contributed by atoms with van der Waals surface area (Å²) in [7, 11) is 0. The second-order valence-electron chi connectivity index (χ2n) is 0.260. The van der Waals surface area contributed by atoms with E-state index in [4.69, 9.17) is 0 Å². The average Bonchev–Trinajstić information content (AvgIpc) is 1.41. The minimum Gasteiger partial charge on any atom is -0.372 e. The Hall–Kier alpha value is 0.945. The Labute approximate surface area is 46.6 Å². The van der Waals surface area contributed by atoms with E-state index in [-0.39, 0.29) is 0 Å². The van der Waals surface area contributed by atoms with Gasteiger partial charge >= 0.3 is 33.2 Å². The van der Waals surface area contributed by atoms with Crippen LogP contribution in [0.4, 0.5) is 0 Å². The molecule has 0 heterocycles. The highest BCUT2D eigenvalue weighted by Gasteiger charge is 1.62. The molecule has 0 saturated heterocycles. The molecule has 4 radical (unpaired) electrons. The summed E-state index contributed by atoms with van der Waals surface area (Å²) in [5.41, 5.74) is 0. The molecule has 0 aliphatic carbocycles. The van der Waals surface area contributed by atoms with Gasteiger partial charge < -0.3 is 7.88 Å². The van der Waals surface area contributed by atoms with Gasteiger partial charge in [-0.05, 0) is 0 Å². The zero-order valence-electron chi connectivity index (χ0n) is 2.38. The van der Waals surface area contributed by atoms with Gasteiger partial charge in [0.05, 0.1) is 0 Å². The first-order valence-corrected chi connectivity index (χ1v) is 1.75. The molecule has 0 spiro atoms. The van der Waals surface area contributed by atoms with E-state index in [1.54, 1.807) is 0 Å². The molecular formula is Al2O3. The molecule has 5 heteroatoms. The maximum Gasteiger partial charge on any atom is 0.441 e. The molecule has 0 saturated carbocycles. The van der Waals surface area contributed by atoms with Gasteiger partial charge in [0.2, 0.25) is 0 Å². The van der Waals surface area contributed by atoms with Crippen molar-refractivity contribution in [1.82, 2.24) is 0 Å². The Balaban J connectivity index is 2.19. The molecule has 0 N–H and O–H groups in total. The van der Waals surface area contributed by atoms with Gasteiger partial charge in [0.1, 0.15) is 0 Å². The molecule has 0 rings (SSSR count). The van der Waals surface area contributed by atoms with Crippen LogP contribution in [0.25, 0.3) is 0 Å². The second-order valence-corrected chi connectivity index (χ2v) is 0.645. The Bertz CT molecular complexity index is 12.4. The first kappa shape index (κ1) is 5.94. The monoisotopic (exact) mass is 102 g/mol. The number of rotatable bonds is 2. The predicted octanol–water partition coefficient (Wildman–Crippen LogP) is -0.967. The van der Waals surface area contributed by atoms with Crippen LogP contribution in [-0.2, 0) is 12.9 Å². The largest absolute Gasteiger partial charge is 0.441 e. The van der Waals surface area contributed by atoms with E-state index < -0.39 is 0 Å². The minimum absolute atomic E-state index is 1.84. The highest BCUT2D eigenvalue weighted by Crippen LogP contribution is 1.62. The molecule has 24 valence electrons. The molecule has 0 aliphatic heterocycles. The summed E-state index contributed by atoms with van der Waals surface area (Å²) < 4.78 is 7.73. The Morgan fingerprint density at radius 2 is 1.40 bits per heavy atom. The summed E-state index contributed by atoms with van der Waals surface area (Å²) in [6, 6.07) is 0. The van der Waals surface area contributed by atoms with E-state index in [0.717, 1.165) is 0 Å². The van der Waals surface area contributed by atoms with Crippen molar-refractivity contribution in [2.45, 2.75) is 0 Å². The molecule has 0 unspecified atom stereocenters. The van der Waals surface area contributed by atoms with Crippen LogP contribution in [0.3, 0.4) is 0 Å². The van der Waals surface area contributed by atoms with Gasteiger partial charge in [-0.1, -0.05) is 0 Å². The van der Waals surface area contributed by atoms with Gasteiger partial charge in [-0.15, -0.1) is 5.04 Å². The van der Waals surface area contributed by atoms with Crippen molar-refractivity contribution in [3.63, 3.8) is 0 Å². The normalized spacial score (nSPS) is 8.00. The fourth-order valence-electron chi connectivity index (χ4n) is 0.0227. The van der Waals surface area contributed by atoms with E-state index in [9.17, 15) is 0 Å². The third-order valence-electron chi connectivity index (χ3n) is 0.0786. The summed E-state index contributed by atoms with van der Waals surface area (Å²) in [5, 5.41) is 3.76. The van der Waals surface area contributed by atoms with Crippen LogP contribution < -0.4 is 0 Å². The summed E-state index contributed by atoms with van der Waals surface area (Å²) in [6.45, 7) is 0. The smallest absolute Gasteiger partial charge is 0.372 e. The van der Waals surface area contributed by atoms with Crippen molar-refractivity contribution in [2.75, 3.05) is 0 Å². The first-order chi connectivity index (χ1) is 2.41. The maximum atomic E-state index is 3.86. The summed E-state index contributed by atoms with van der Waals surface area (Å²) in [6.07, 6.45) is 0. The minimum atomic E-state index is 1.84. The Morgan fingerprint density at radius 3 is 1.40 bits per heavy atom. The Kier molecular flexibility index (Phi) is 5.88. The van der Waals surface area contributed by atoms with E-state index in [1.807, 2.05) is 33.2 Å². The average molecular weight is 102 g/mol. The third-order valence-corrected chi connectivity index (χ3v) is 0.236. The van der Waals surface area contributed by atoms with E-state index in [0.29, 0.717) is 0 Å². The molecular weight excluding hydrogens is 102 g/mol. The zero-order valence-corrected chi connectivity index (χ0v) is 4.69. The van der Waals surface area contributed by atoms with Gasteiger partial charge in [-0.3, -0.25) is 0 Å².